The second-order valence-corrected chi connectivity index (χ2v) is 7.12. The molecule has 7 heteroatoms. The zero-order valence-electron chi connectivity index (χ0n) is 12.1. The SMILES string of the molecule is CCN1CC2CCC(C1)N2Cc1cnc(CC(F)(F)F)s1. The number of likely N-dealkylation sites (tertiary alicyclic amines) is 1. The van der Waals surface area contributed by atoms with Gasteiger partial charge >= 0.3 is 6.18 Å². The van der Waals surface area contributed by atoms with Crippen molar-refractivity contribution in [3.63, 3.8) is 0 Å². The maximum absolute atomic E-state index is 12.4. The lowest BCUT2D eigenvalue weighted by molar-refractivity contribution is -0.127. The Hall–Kier alpha value is -0.660. The fraction of sp³-hybridized carbons (Fsp3) is 0.786. The third kappa shape index (κ3) is 3.57. The summed E-state index contributed by atoms with van der Waals surface area (Å²) in [5, 5.41) is 0.178. The molecule has 2 aliphatic rings. The average molecular weight is 319 g/mol. The molecule has 2 atom stereocenters. The number of alkyl halides is 3. The van der Waals surface area contributed by atoms with Crippen molar-refractivity contribution in [2.75, 3.05) is 19.6 Å². The Morgan fingerprint density at radius 2 is 1.95 bits per heavy atom. The summed E-state index contributed by atoms with van der Waals surface area (Å²) in [7, 11) is 0. The minimum Gasteiger partial charge on any atom is -0.301 e. The first-order valence-corrected chi connectivity index (χ1v) is 8.24. The largest absolute Gasteiger partial charge is 0.395 e. The molecular weight excluding hydrogens is 299 g/mol. The zero-order chi connectivity index (χ0) is 15.0. The third-order valence-electron chi connectivity index (χ3n) is 4.45. The van der Waals surface area contributed by atoms with E-state index in [1.807, 2.05) is 0 Å². The Balaban J connectivity index is 1.63. The summed E-state index contributed by atoms with van der Waals surface area (Å²) in [6.45, 7) is 6.18. The van der Waals surface area contributed by atoms with E-state index in [0.717, 1.165) is 31.1 Å². The number of rotatable bonds is 4. The van der Waals surface area contributed by atoms with Gasteiger partial charge in [-0.3, -0.25) is 4.90 Å². The minimum absolute atomic E-state index is 0.178. The molecule has 3 heterocycles. The van der Waals surface area contributed by atoms with Gasteiger partial charge in [-0.15, -0.1) is 11.3 Å². The highest BCUT2D eigenvalue weighted by Gasteiger charge is 2.39. The summed E-state index contributed by atoms with van der Waals surface area (Å²) in [6, 6.07) is 1.11. The Bertz CT molecular complexity index is 474. The van der Waals surface area contributed by atoms with E-state index in [9.17, 15) is 13.2 Å². The van der Waals surface area contributed by atoms with Gasteiger partial charge in [0, 0.05) is 42.8 Å². The van der Waals surface area contributed by atoms with Crippen LogP contribution in [0.4, 0.5) is 13.2 Å². The van der Waals surface area contributed by atoms with E-state index >= 15 is 0 Å². The molecule has 0 radical (unpaired) electrons. The van der Waals surface area contributed by atoms with Gasteiger partial charge < -0.3 is 4.90 Å². The molecule has 2 fully saturated rings. The summed E-state index contributed by atoms with van der Waals surface area (Å²) in [5.74, 6) is 0. The molecule has 3 nitrogen and oxygen atoms in total. The Morgan fingerprint density at radius 1 is 1.29 bits per heavy atom. The number of halogens is 3. The maximum atomic E-state index is 12.4. The van der Waals surface area contributed by atoms with Crippen LogP contribution in [0.2, 0.25) is 0 Å². The fourth-order valence-corrected chi connectivity index (χ4v) is 4.41. The number of hydrogen-bond donors (Lipinski definition) is 0. The molecule has 0 N–H and O–H groups in total. The first-order chi connectivity index (χ1) is 9.94. The number of likely N-dealkylation sites (N-methyl/N-ethyl adjacent to an activating group) is 1. The second kappa shape index (κ2) is 5.85. The van der Waals surface area contributed by atoms with Crippen molar-refractivity contribution >= 4 is 11.3 Å². The van der Waals surface area contributed by atoms with Gasteiger partial charge in [-0.2, -0.15) is 13.2 Å². The van der Waals surface area contributed by atoms with E-state index in [-0.39, 0.29) is 5.01 Å². The van der Waals surface area contributed by atoms with Crippen LogP contribution in [0, 0.1) is 0 Å². The van der Waals surface area contributed by atoms with Crippen molar-refractivity contribution in [2.24, 2.45) is 0 Å². The summed E-state index contributed by atoms with van der Waals surface area (Å²) in [4.78, 5) is 9.83. The Morgan fingerprint density at radius 3 is 2.52 bits per heavy atom. The molecule has 2 aliphatic heterocycles. The summed E-state index contributed by atoms with van der Waals surface area (Å²) in [6.07, 6.45) is -1.04. The minimum atomic E-state index is -4.17. The van der Waals surface area contributed by atoms with E-state index in [4.69, 9.17) is 0 Å². The highest BCUT2D eigenvalue weighted by molar-refractivity contribution is 7.11. The van der Waals surface area contributed by atoms with Crippen molar-refractivity contribution in [1.82, 2.24) is 14.8 Å². The number of hydrogen-bond acceptors (Lipinski definition) is 4. The number of fused-ring (bicyclic) bond motifs is 2. The predicted octanol–water partition coefficient (Wildman–Crippen LogP) is 2.92. The van der Waals surface area contributed by atoms with Crippen LogP contribution >= 0.6 is 11.3 Å². The van der Waals surface area contributed by atoms with Gasteiger partial charge in [-0.1, -0.05) is 6.92 Å². The molecule has 118 valence electrons. The van der Waals surface area contributed by atoms with E-state index in [0.29, 0.717) is 12.1 Å². The van der Waals surface area contributed by atoms with Crippen LogP contribution in [0.1, 0.15) is 29.7 Å². The quantitative estimate of drug-likeness (QED) is 0.851. The van der Waals surface area contributed by atoms with Crippen molar-refractivity contribution in [3.05, 3.63) is 16.1 Å². The normalized spacial score (nSPS) is 27.4. The van der Waals surface area contributed by atoms with Gasteiger partial charge in [0.15, 0.2) is 0 Å². The zero-order valence-corrected chi connectivity index (χ0v) is 12.9. The van der Waals surface area contributed by atoms with Crippen LogP contribution in [0.3, 0.4) is 0 Å². The third-order valence-corrected chi connectivity index (χ3v) is 5.43. The van der Waals surface area contributed by atoms with Crippen LogP contribution < -0.4 is 0 Å². The van der Waals surface area contributed by atoms with Crippen molar-refractivity contribution in [2.45, 2.75) is 51.0 Å². The smallest absolute Gasteiger partial charge is 0.301 e. The number of aromatic nitrogens is 1. The number of piperazine rings is 1. The van der Waals surface area contributed by atoms with Gasteiger partial charge in [-0.05, 0) is 19.4 Å². The van der Waals surface area contributed by atoms with Crippen LogP contribution in [0.25, 0.3) is 0 Å². The molecule has 0 spiro atoms. The molecule has 21 heavy (non-hydrogen) atoms. The van der Waals surface area contributed by atoms with Crippen LogP contribution in [-0.2, 0) is 13.0 Å². The highest BCUT2D eigenvalue weighted by Crippen LogP contribution is 2.33. The van der Waals surface area contributed by atoms with Gasteiger partial charge in [0.1, 0.15) is 5.01 Å². The van der Waals surface area contributed by atoms with E-state index < -0.39 is 12.6 Å². The summed E-state index contributed by atoms with van der Waals surface area (Å²) < 4.78 is 37.1. The number of nitrogens with zero attached hydrogens (tertiary/aromatic N) is 3. The van der Waals surface area contributed by atoms with Crippen molar-refractivity contribution in [1.29, 1.82) is 0 Å². The molecule has 2 saturated heterocycles. The maximum Gasteiger partial charge on any atom is 0.395 e. The highest BCUT2D eigenvalue weighted by atomic mass is 32.1. The van der Waals surface area contributed by atoms with E-state index in [1.54, 1.807) is 6.20 Å². The number of thiazole rings is 1. The molecule has 1 aromatic rings. The molecule has 2 bridgehead atoms. The van der Waals surface area contributed by atoms with Crippen LogP contribution in [-0.4, -0.2) is 52.7 Å². The summed E-state index contributed by atoms with van der Waals surface area (Å²) >= 11 is 1.21. The standard InChI is InChI=1S/C14H20F3N3S/c1-2-19-7-10-3-4-11(8-19)20(10)9-12-6-18-13(21-12)5-14(15,16)17/h6,10-11H,2-5,7-9H2,1H3. The monoisotopic (exact) mass is 319 g/mol. The molecule has 0 aliphatic carbocycles. The van der Waals surface area contributed by atoms with Crippen molar-refractivity contribution < 1.29 is 13.2 Å². The van der Waals surface area contributed by atoms with Gasteiger partial charge in [-0.25, -0.2) is 4.98 Å². The lowest BCUT2D eigenvalue weighted by atomic mass is 10.2. The summed E-state index contributed by atoms with van der Waals surface area (Å²) in [5.41, 5.74) is 0. The molecule has 1 aromatic heterocycles. The van der Waals surface area contributed by atoms with E-state index in [1.165, 1.54) is 24.2 Å². The average Bonchev–Trinajstić information content (AvgIpc) is 2.90. The fourth-order valence-electron chi connectivity index (χ4n) is 3.45. The molecular formula is C14H20F3N3S. The first-order valence-electron chi connectivity index (χ1n) is 7.43. The molecule has 2 unspecified atom stereocenters. The second-order valence-electron chi connectivity index (χ2n) is 5.92. The van der Waals surface area contributed by atoms with Gasteiger partial charge in [0.25, 0.3) is 0 Å². The van der Waals surface area contributed by atoms with Gasteiger partial charge in [0.05, 0.1) is 6.42 Å². The van der Waals surface area contributed by atoms with Crippen LogP contribution in [0.15, 0.2) is 6.20 Å². The lowest BCUT2D eigenvalue weighted by Gasteiger charge is -2.40. The lowest BCUT2D eigenvalue weighted by Crippen LogP contribution is -2.52. The Labute approximate surface area is 126 Å². The Kier molecular flexibility index (Phi) is 4.25. The van der Waals surface area contributed by atoms with E-state index in [2.05, 4.69) is 21.7 Å². The van der Waals surface area contributed by atoms with Crippen LogP contribution in [0.5, 0.6) is 0 Å². The molecule has 0 aromatic carbocycles. The predicted molar refractivity (Wildman–Crippen MR) is 76.3 cm³/mol. The molecule has 0 saturated carbocycles. The first kappa shape index (κ1) is 15.2. The van der Waals surface area contributed by atoms with Gasteiger partial charge in [0.2, 0.25) is 0 Å². The van der Waals surface area contributed by atoms with Crippen molar-refractivity contribution in [3.8, 4) is 0 Å². The topological polar surface area (TPSA) is 19.4 Å². The molecule has 3 rings (SSSR count). The molecule has 0 amide bonds.